The minimum atomic E-state index is 0.208. The molecule has 0 aliphatic carbocycles. The van der Waals surface area contributed by atoms with Crippen LogP contribution < -0.4 is 10.6 Å². The Bertz CT molecular complexity index is 476. The summed E-state index contributed by atoms with van der Waals surface area (Å²) in [4.78, 5) is 2.46. The van der Waals surface area contributed by atoms with Gasteiger partial charge in [0.15, 0.2) is 0 Å². The average Bonchev–Trinajstić information content (AvgIpc) is 2.60. The molecule has 1 unspecified atom stereocenters. The lowest BCUT2D eigenvalue weighted by atomic mass is 10.0. The van der Waals surface area contributed by atoms with Crippen LogP contribution in [0.2, 0.25) is 5.02 Å². The lowest BCUT2D eigenvalue weighted by molar-refractivity contribution is 0.628. The molecule has 21 heavy (non-hydrogen) atoms. The number of benzene rings is 1. The number of anilines is 1. The summed E-state index contributed by atoms with van der Waals surface area (Å²) in [5, 5.41) is 0.862. The molecular weight excluding hydrogens is 300 g/mol. The van der Waals surface area contributed by atoms with Crippen LogP contribution >= 0.6 is 23.4 Å². The second kappa shape index (κ2) is 7.26. The monoisotopic (exact) mass is 326 g/mol. The summed E-state index contributed by atoms with van der Waals surface area (Å²) in [7, 11) is 0. The molecule has 1 aliphatic heterocycles. The molecule has 2 rings (SSSR count). The first-order valence-electron chi connectivity index (χ1n) is 7.85. The Morgan fingerprint density at radius 2 is 2.14 bits per heavy atom. The van der Waals surface area contributed by atoms with Crippen LogP contribution in [0.3, 0.4) is 0 Å². The minimum Gasteiger partial charge on any atom is -0.369 e. The second-order valence-corrected chi connectivity index (χ2v) is 8.67. The number of thioether (sulfide) groups is 1. The molecule has 1 aromatic carbocycles. The van der Waals surface area contributed by atoms with Crippen molar-refractivity contribution in [1.29, 1.82) is 0 Å². The Kier molecular flexibility index (Phi) is 5.87. The van der Waals surface area contributed by atoms with E-state index >= 15 is 0 Å². The Morgan fingerprint density at radius 1 is 1.38 bits per heavy atom. The van der Waals surface area contributed by atoms with Crippen LogP contribution in [-0.2, 0) is 6.42 Å². The van der Waals surface area contributed by atoms with Crippen molar-refractivity contribution >= 4 is 29.1 Å². The molecule has 1 fully saturated rings. The summed E-state index contributed by atoms with van der Waals surface area (Å²) in [6.07, 6.45) is 3.08. The van der Waals surface area contributed by atoms with Gasteiger partial charge in [0.2, 0.25) is 0 Å². The van der Waals surface area contributed by atoms with Gasteiger partial charge in [-0.05, 0) is 30.9 Å². The summed E-state index contributed by atoms with van der Waals surface area (Å²) >= 11 is 8.58. The third-order valence-corrected chi connectivity index (χ3v) is 5.91. The highest BCUT2D eigenvalue weighted by Gasteiger charge is 2.25. The maximum absolute atomic E-state index is 6.52. The average molecular weight is 327 g/mol. The molecule has 1 saturated heterocycles. The summed E-state index contributed by atoms with van der Waals surface area (Å²) in [5.41, 5.74) is 8.66. The van der Waals surface area contributed by atoms with Crippen molar-refractivity contribution < 1.29 is 0 Å². The number of halogens is 1. The SMILES string of the molecule is CCC(N)Cc1cccc(Cl)c1N1CCSC(C)(C)CC1. The molecule has 1 aliphatic rings. The molecule has 1 heterocycles. The van der Waals surface area contributed by atoms with E-state index in [2.05, 4.69) is 43.5 Å². The lowest BCUT2D eigenvalue weighted by Crippen LogP contribution is -2.29. The van der Waals surface area contributed by atoms with E-state index in [0.717, 1.165) is 36.7 Å². The van der Waals surface area contributed by atoms with Gasteiger partial charge in [-0.3, -0.25) is 0 Å². The van der Waals surface area contributed by atoms with Gasteiger partial charge in [-0.2, -0.15) is 11.8 Å². The first kappa shape index (κ1) is 17.0. The molecule has 4 heteroatoms. The zero-order chi connectivity index (χ0) is 15.5. The highest BCUT2D eigenvalue weighted by Crippen LogP contribution is 2.36. The van der Waals surface area contributed by atoms with Crippen LogP contribution in [0.15, 0.2) is 18.2 Å². The van der Waals surface area contributed by atoms with Crippen LogP contribution in [0.4, 0.5) is 5.69 Å². The van der Waals surface area contributed by atoms with Crippen molar-refractivity contribution in [1.82, 2.24) is 0 Å². The smallest absolute Gasteiger partial charge is 0.0642 e. The van der Waals surface area contributed by atoms with Crippen molar-refractivity contribution in [3.63, 3.8) is 0 Å². The lowest BCUT2D eigenvalue weighted by Gasteiger charge is -2.28. The number of para-hydroxylation sites is 1. The van der Waals surface area contributed by atoms with E-state index in [9.17, 15) is 0 Å². The first-order chi connectivity index (χ1) is 9.93. The van der Waals surface area contributed by atoms with Crippen LogP contribution in [0.25, 0.3) is 0 Å². The van der Waals surface area contributed by atoms with E-state index in [1.54, 1.807) is 0 Å². The number of hydrogen-bond acceptors (Lipinski definition) is 3. The van der Waals surface area contributed by atoms with Gasteiger partial charge in [0.25, 0.3) is 0 Å². The number of nitrogens with zero attached hydrogens (tertiary/aromatic N) is 1. The van der Waals surface area contributed by atoms with E-state index in [4.69, 9.17) is 17.3 Å². The van der Waals surface area contributed by atoms with E-state index in [1.165, 1.54) is 17.7 Å². The maximum Gasteiger partial charge on any atom is 0.0642 e. The Labute approximate surface area is 138 Å². The second-order valence-electron chi connectivity index (χ2n) is 6.47. The van der Waals surface area contributed by atoms with Crippen LogP contribution in [0.1, 0.15) is 39.2 Å². The van der Waals surface area contributed by atoms with Gasteiger partial charge < -0.3 is 10.6 Å². The minimum absolute atomic E-state index is 0.208. The predicted molar refractivity (Wildman–Crippen MR) is 96.8 cm³/mol. The molecule has 0 bridgehead atoms. The molecule has 0 saturated carbocycles. The summed E-state index contributed by atoms with van der Waals surface area (Å²) < 4.78 is 0.357. The van der Waals surface area contributed by atoms with Gasteiger partial charge in [-0.15, -0.1) is 0 Å². The molecule has 0 spiro atoms. The van der Waals surface area contributed by atoms with Crippen molar-refractivity contribution in [3.05, 3.63) is 28.8 Å². The van der Waals surface area contributed by atoms with Gasteiger partial charge in [0.05, 0.1) is 10.7 Å². The van der Waals surface area contributed by atoms with E-state index < -0.39 is 0 Å². The van der Waals surface area contributed by atoms with Gasteiger partial charge in [-0.1, -0.05) is 44.5 Å². The van der Waals surface area contributed by atoms with Gasteiger partial charge in [0, 0.05) is 29.6 Å². The molecule has 1 atom stereocenters. The summed E-state index contributed by atoms with van der Waals surface area (Å²) in [6.45, 7) is 8.94. The fraction of sp³-hybridized carbons (Fsp3) is 0.647. The van der Waals surface area contributed by atoms with Crippen LogP contribution in [0.5, 0.6) is 0 Å². The third-order valence-electron chi connectivity index (χ3n) is 4.23. The zero-order valence-corrected chi connectivity index (χ0v) is 14.9. The fourth-order valence-electron chi connectivity index (χ4n) is 2.75. The highest BCUT2D eigenvalue weighted by molar-refractivity contribution is 8.00. The molecule has 0 amide bonds. The molecule has 0 radical (unpaired) electrons. The third kappa shape index (κ3) is 4.54. The van der Waals surface area contributed by atoms with Crippen molar-refractivity contribution in [3.8, 4) is 0 Å². The van der Waals surface area contributed by atoms with Crippen molar-refractivity contribution in [2.45, 2.75) is 50.8 Å². The topological polar surface area (TPSA) is 29.3 Å². The largest absolute Gasteiger partial charge is 0.369 e. The number of hydrogen-bond donors (Lipinski definition) is 1. The number of nitrogens with two attached hydrogens (primary N) is 1. The van der Waals surface area contributed by atoms with Crippen molar-refractivity contribution in [2.24, 2.45) is 5.73 Å². The molecule has 118 valence electrons. The van der Waals surface area contributed by atoms with Gasteiger partial charge in [0.1, 0.15) is 0 Å². The summed E-state index contributed by atoms with van der Waals surface area (Å²) in [6, 6.07) is 6.43. The maximum atomic E-state index is 6.52. The Hall–Kier alpha value is -0.380. The van der Waals surface area contributed by atoms with Crippen LogP contribution in [0, 0.1) is 0 Å². The fourth-order valence-corrected chi connectivity index (χ4v) is 4.16. The standard InChI is InChI=1S/C17H27ClN2S/c1-4-14(19)12-13-6-5-7-15(18)16(13)20-9-8-17(2,3)21-11-10-20/h5-7,14H,4,8-12,19H2,1-3H3. The molecular formula is C17H27ClN2S. The Morgan fingerprint density at radius 3 is 2.86 bits per heavy atom. The zero-order valence-electron chi connectivity index (χ0n) is 13.4. The van der Waals surface area contributed by atoms with E-state index in [-0.39, 0.29) is 6.04 Å². The van der Waals surface area contributed by atoms with Crippen molar-refractivity contribution in [2.75, 3.05) is 23.7 Å². The van der Waals surface area contributed by atoms with Crippen LogP contribution in [-0.4, -0.2) is 29.6 Å². The highest BCUT2D eigenvalue weighted by atomic mass is 35.5. The van der Waals surface area contributed by atoms with Gasteiger partial charge in [-0.25, -0.2) is 0 Å². The quantitative estimate of drug-likeness (QED) is 0.892. The summed E-state index contributed by atoms with van der Waals surface area (Å²) in [5.74, 6) is 1.15. The molecule has 2 nitrogen and oxygen atoms in total. The Balaban J connectivity index is 2.25. The first-order valence-corrected chi connectivity index (χ1v) is 9.21. The number of rotatable bonds is 4. The molecule has 0 aromatic heterocycles. The van der Waals surface area contributed by atoms with Gasteiger partial charge >= 0.3 is 0 Å². The molecule has 2 N–H and O–H groups in total. The normalized spacial score (nSPS) is 20.1. The predicted octanol–water partition coefficient (Wildman–Crippen LogP) is 4.34. The van der Waals surface area contributed by atoms with E-state index in [0.29, 0.717) is 4.75 Å². The van der Waals surface area contributed by atoms with E-state index in [1.807, 2.05) is 12.1 Å². The molecule has 1 aromatic rings.